The van der Waals surface area contributed by atoms with Crippen LogP contribution in [0.2, 0.25) is 0 Å². The fraction of sp³-hybridized carbons (Fsp3) is 0.200. The van der Waals surface area contributed by atoms with Gasteiger partial charge in [-0.05, 0) is 11.6 Å². The summed E-state index contributed by atoms with van der Waals surface area (Å²) in [6.45, 7) is 0. The summed E-state index contributed by atoms with van der Waals surface area (Å²) in [6, 6.07) is 17.3. The molecule has 1 aliphatic rings. The number of hydrogen-bond donors (Lipinski definition) is 1. The van der Waals surface area contributed by atoms with Crippen LogP contribution in [0, 0.1) is 0 Å². The SMILES string of the molecule is Cn1nc(C(=O)Nc2ccccc2-c2ccccc2)c2c1CCS(=O)(=O)C2. The number of carbonyl (C=O) groups is 1. The lowest BCUT2D eigenvalue weighted by Gasteiger charge is -2.14. The Balaban J connectivity index is 1.69. The molecule has 7 heteroatoms. The fourth-order valence-corrected chi connectivity index (χ4v) is 4.83. The van der Waals surface area contributed by atoms with Gasteiger partial charge < -0.3 is 5.32 Å². The Morgan fingerprint density at radius 1 is 1.07 bits per heavy atom. The van der Waals surface area contributed by atoms with Crippen LogP contribution in [0.5, 0.6) is 0 Å². The van der Waals surface area contributed by atoms with Gasteiger partial charge in [-0.3, -0.25) is 9.48 Å². The van der Waals surface area contributed by atoms with Gasteiger partial charge in [0.2, 0.25) is 0 Å². The lowest BCUT2D eigenvalue weighted by molar-refractivity contribution is 0.102. The molecule has 0 radical (unpaired) electrons. The Hall–Kier alpha value is -2.93. The maximum absolute atomic E-state index is 12.9. The quantitative estimate of drug-likeness (QED) is 0.756. The molecule has 138 valence electrons. The molecular weight excluding hydrogens is 362 g/mol. The molecule has 6 nitrogen and oxygen atoms in total. The van der Waals surface area contributed by atoms with Crippen LogP contribution in [-0.2, 0) is 29.1 Å². The highest BCUT2D eigenvalue weighted by Gasteiger charge is 2.30. The first kappa shape index (κ1) is 17.5. The third-order valence-corrected chi connectivity index (χ3v) is 6.32. The van der Waals surface area contributed by atoms with Crippen molar-refractivity contribution in [2.45, 2.75) is 12.2 Å². The first-order valence-electron chi connectivity index (χ1n) is 8.65. The van der Waals surface area contributed by atoms with Crippen LogP contribution in [0.3, 0.4) is 0 Å². The summed E-state index contributed by atoms with van der Waals surface area (Å²) in [5.74, 6) is -0.441. The summed E-state index contributed by atoms with van der Waals surface area (Å²) in [5, 5.41) is 7.20. The molecule has 0 fully saturated rings. The van der Waals surface area contributed by atoms with Crippen LogP contribution < -0.4 is 5.32 Å². The number of sulfone groups is 1. The predicted octanol–water partition coefficient (Wildman–Crippen LogP) is 2.81. The van der Waals surface area contributed by atoms with E-state index in [1.54, 1.807) is 11.7 Å². The average Bonchev–Trinajstić information content (AvgIpc) is 2.97. The summed E-state index contributed by atoms with van der Waals surface area (Å²) in [6.07, 6.45) is 0.384. The Morgan fingerprint density at radius 2 is 1.78 bits per heavy atom. The van der Waals surface area contributed by atoms with E-state index in [0.29, 0.717) is 17.7 Å². The molecule has 0 atom stereocenters. The molecule has 0 spiro atoms. The van der Waals surface area contributed by atoms with Gasteiger partial charge in [-0.1, -0.05) is 48.5 Å². The minimum absolute atomic E-state index is 0.0947. The van der Waals surface area contributed by atoms with E-state index in [0.717, 1.165) is 16.8 Å². The molecule has 1 amide bonds. The maximum Gasteiger partial charge on any atom is 0.276 e. The van der Waals surface area contributed by atoms with E-state index in [2.05, 4.69) is 10.4 Å². The van der Waals surface area contributed by atoms with E-state index in [9.17, 15) is 13.2 Å². The van der Waals surface area contributed by atoms with Crippen LogP contribution >= 0.6 is 0 Å². The summed E-state index contributed by atoms with van der Waals surface area (Å²) in [4.78, 5) is 12.9. The van der Waals surface area contributed by atoms with Crippen molar-refractivity contribution in [3.05, 3.63) is 71.5 Å². The molecule has 27 heavy (non-hydrogen) atoms. The number of para-hydroxylation sites is 1. The first-order chi connectivity index (χ1) is 12.9. The topological polar surface area (TPSA) is 81.1 Å². The Morgan fingerprint density at radius 3 is 2.56 bits per heavy atom. The Bertz CT molecular complexity index is 1120. The number of nitrogens with one attached hydrogen (secondary N) is 1. The van der Waals surface area contributed by atoms with Gasteiger partial charge >= 0.3 is 0 Å². The number of amides is 1. The van der Waals surface area contributed by atoms with Crippen LogP contribution in [0.1, 0.15) is 21.7 Å². The lowest BCUT2D eigenvalue weighted by atomic mass is 10.0. The smallest absolute Gasteiger partial charge is 0.276 e. The third kappa shape index (κ3) is 3.38. The molecule has 0 saturated carbocycles. The van der Waals surface area contributed by atoms with Crippen LogP contribution in [0.25, 0.3) is 11.1 Å². The standard InChI is InChI=1S/C20H19N3O3S/c1-23-18-11-12-27(25,26)13-16(18)19(22-23)20(24)21-17-10-6-5-9-15(17)14-7-3-2-4-8-14/h2-10H,11-13H2,1H3,(H,21,24). The number of aromatic nitrogens is 2. The van der Waals surface area contributed by atoms with Crippen molar-refractivity contribution in [1.82, 2.24) is 9.78 Å². The maximum atomic E-state index is 12.9. The number of hydrogen-bond acceptors (Lipinski definition) is 4. The van der Waals surface area contributed by atoms with Gasteiger partial charge in [-0.15, -0.1) is 0 Å². The van der Waals surface area contributed by atoms with Crippen molar-refractivity contribution < 1.29 is 13.2 Å². The molecular formula is C20H19N3O3S. The van der Waals surface area contributed by atoms with Gasteiger partial charge in [0.25, 0.3) is 5.91 Å². The number of rotatable bonds is 3. The van der Waals surface area contributed by atoms with Crippen LogP contribution in [-0.4, -0.2) is 29.9 Å². The summed E-state index contributed by atoms with van der Waals surface area (Å²) >= 11 is 0. The van der Waals surface area contributed by atoms with Crippen LogP contribution in [0.15, 0.2) is 54.6 Å². The van der Waals surface area contributed by atoms with Crippen molar-refractivity contribution in [3.63, 3.8) is 0 Å². The molecule has 4 rings (SSSR count). The van der Waals surface area contributed by atoms with Gasteiger partial charge in [0, 0.05) is 36.0 Å². The van der Waals surface area contributed by atoms with Gasteiger partial charge in [0.1, 0.15) is 0 Å². The van der Waals surface area contributed by atoms with E-state index in [-0.39, 0.29) is 17.2 Å². The zero-order valence-corrected chi connectivity index (χ0v) is 15.7. The summed E-state index contributed by atoms with van der Waals surface area (Å²) in [5.41, 5.74) is 4.04. The number of fused-ring (bicyclic) bond motifs is 1. The third-order valence-electron chi connectivity index (χ3n) is 4.76. The van der Waals surface area contributed by atoms with E-state index in [1.165, 1.54) is 0 Å². The number of carbonyl (C=O) groups excluding carboxylic acids is 1. The molecule has 2 heterocycles. The molecule has 1 aromatic heterocycles. The van der Waals surface area contributed by atoms with E-state index < -0.39 is 15.7 Å². The van der Waals surface area contributed by atoms with Crippen molar-refractivity contribution in [2.24, 2.45) is 7.05 Å². The number of anilines is 1. The van der Waals surface area contributed by atoms with Gasteiger partial charge in [0.05, 0.1) is 11.5 Å². The number of benzene rings is 2. The first-order valence-corrected chi connectivity index (χ1v) is 10.5. The molecule has 0 bridgehead atoms. The van der Waals surface area contributed by atoms with Crippen LogP contribution in [0.4, 0.5) is 5.69 Å². The minimum atomic E-state index is -3.20. The number of aryl methyl sites for hydroxylation is 1. The molecule has 2 aromatic carbocycles. The van der Waals surface area contributed by atoms with E-state index in [4.69, 9.17) is 0 Å². The second kappa shape index (κ2) is 6.66. The second-order valence-electron chi connectivity index (χ2n) is 6.61. The number of nitrogens with zero attached hydrogens (tertiary/aromatic N) is 2. The zero-order chi connectivity index (χ0) is 19.0. The zero-order valence-electron chi connectivity index (χ0n) is 14.8. The van der Waals surface area contributed by atoms with E-state index >= 15 is 0 Å². The highest BCUT2D eigenvalue weighted by molar-refractivity contribution is 7.90. The molecule has 1 N–H and O–H groups in total. The van der Waals surface area contributed by atoms with Gasteiger partial charge in [-0.2, -0.15) is 5.10 Å². The molecule has 3 aromatic rings. The van der Waals surface area contributed by atoms with Crippen molar-refractivity contribution >= 4 is 21.4 Å². The van der Waals surface area contributed by atoms with Gasteiger partial charge in [-0.25, -0.2) is 8.42 Å². The normalized spacial score (nSPS) is 15.1. The van der Waals surface area contributed by atoms with Gasteiger partial charge in [0.15, 0.2) is 15.5 Å². The second-order valence-corrected chi connectivity index (χ2v) is 8.79. The fourth-order valence-electron chi connectivity index (χ4n) is 3.44. The van der Waals surface area contributed by atoms with Crippen molar-refractivity contribution in [1.29, 1.82) is 0 Å². The highest BCUT2D eigenvalue weighted by atomic mass is 32.2. The predicted molar refractivity (Wildman–Crippen MR) is 104 cm³/mol. The van der Waals surface area contributed by atoms with Crippen molar-refractivity contribution in [3.8, 4) is 11.1 Å². The van der Waals surface area contributed by atoms with E-state index in [1.807, 2.05) is 54.6 Å². The van der Waals surface area contributed by atoms with Crippen molar-refractivity contribution in [2.75, 3.05) is 11.1 Å². The molecule has 0 aliphatic carbocycles. The lowest BCUT2D eigenvalue weighted by Crippen LogP contribution is -2.22. The molecule has 0 unspecified atom stereocenters. The minimum Gasteiger partial charge on any atom is -0.320 e. The molecule has 1 aliphatic heterocycles. The Labute approximate surface area is 157 Å². The summed E-state index contributed by atoms with van der Waals surface area (Å²) in [7, 11) is -1.45. The summed E-state index contributed by atoms with van der Waals surface area (Å²) < 4.78 is 25.7. The molecule has 0 saturated heterocycles. The largest absolute Gasteiger partial charge is 0.320 e. The highest BCUT2D eigenvalue weighted by Crippen LogP contribution is 2.29. The average molecular weight is 381 g/mol. The monoisotopic (exact) mass is 381 g/mol. The Kier molecular flexibility index (Phi) is 4.31.